The maximum Gasteiger partial charge on any atom is 0.262 e. The minimum Gasteiger partial charge on any atom is -0.333 e. The Morgan fingerprint density at radius 1 is 1.39 bits per heavy atom. The number of rotatable bonds is 2. The van der Waals surface area contributed by atoms with Crippen molar-refractivity contribution in [2.45, 2.75) is 31.2 Å². The summed E-state index contributed by atoms with van der Waals surface area (Å²) in [7, 11) is 0. The largest absolute Gasteiger partial charge is 0.333 e. The minimum absolute atomic E-state index is 0.105. The number of amides is 1. The van der Waals surface area contributed by atoms with E-state index in [0.29, 0.717) is 4.88 Å². The van der Waals surface area contributed by atoms with E-state index in [9.17, 15) is 10.1 Å². The Morgan fingerprint density at radius 3 is 2.83 bits per heavy atom. The van der Waals surface area contributed by atoms with Gasteiger partial charge in [0.15, 0.2) is 0 Å². The van der Waals surface area contributed by atoms with Gasteiger partial charge < -0.3 is 5.32 Å². The van der Waals surface area contributed by atoms with Gasteiger partial charge in [-0.1, -0.05) is 0 Å². The van der Waals surface area contributed by atoms with Crippen LogP contribution in [0.15, 0.2) is 17.5 Å². The summed E-state index contributed by atoms with van der Waals surface area (Å²) < 4.78 is 2.28. The van der Waals surface area contributed by atoms with E-state index in [1.54, 1.807) is 11.3 Å². The summed E-state index contributed by atoms with van der Waals surface area (Å²) in [5, 5.41) is 14.2. The zero-order valence-electron chi connectivity index (χ0n) is 9.73. The molecule has 1 aliphatic carbocycles. The SMILES string of the molecule is N#CC1(NC(=O)c2cc3sccc3s2)CCCC1. The minimum atomic E-state index is -0.630. The van der Waals surface area contributed by atoms with Gasteiger partial charge in [-0.2, -0.15) is 5.26 Å². The molecule has 1 aliphatic rings. The van der Waals surface area contributed by atoms with Crippen LogP contribution in [0.4, 0.5) is 0 Å². The average Bonchev–Trinajstić information content (AvgIpc) is 3.03. The number of thiophene rings is 2. The quantitative estimate of drug-likeness (QED) is 0.912. The number of hydrogen-bond donors (Lipinski definition) is 1. The van der Waals surface area contributed by atoms with Crippen LogP contribution in [0.3, 0.4) is 0 Å². The first-order valence-corrected chi connectivity index (χ1v) is 7.63. The molecule has 2 aromatic heterocycles. The van der Waals surface area contributed by atoms with E-state index in [4.69, 9.17) is 0 Å². The summed E-state index contributed by atoms with van der Waals surface area (Å²) in [5.74, 6) is -0.105. The lowest BCUT2D eigenvalue weighted by molar-refractivity contribution is 0.0925. The molecule has 1 saturated carbocycles. The molecule has 0 aliphatic heterocycles. The highest BCUT2D eigenvalue weighted by molar-refractivity contribution is 7.27. The topological polar surface area (TPSA) is 52.9 Å². The number of hydrogen-bond acceptors (Lipinski definition) is 4. The fourth-order valence-electron chi connectivity index (χ4n) is 2.40. The lowest BCUT2D eigenvalue weighted by atomic mass is 10.00. The number of carbonyl (C=O) groups excluding carboxylic acids is 1. The molecular formula is C13H12N2OS2. The Morgan fingerprint density at radius 2 is 2.17 bits per heavy atom. The van der Waals surface area contributed by atoms with Crippen molar-refractivity contribution in [1.29, 1.82) is 5.26 Å². The molecule has 92 valence electrons. The maximum absolute atomic E-state index is 12.2. The first-order chi connectivity index (χ1) is 8.72. The third kappa shape index (κ3) is 1.92. The summed E-state index contributed by atoms with van der Waals surface area (Å²) >= 11 is 3.13. The van der Waals surface area contributed by atoms with Crippen molar-refractivity contribution >= 4 is 38.0 Å². The van der Waals surface area contributed by atoms with Gasteiger partial charge in [0.1, 0.15) is 5.54 Å². The fraction of sp³-hybridized carbons (Fsp3) is 0.385. The molecule has 0 spiro atoms. The van der Waals surface area contributed by atoms with Crippen molar-refractivity contribution in [3.63, 3.8) is 0 Å². The zero-order chi connectivity index (χ0) is 12.6. The lowest BCUT2D eigenvalue weighted by Gasteiger charge is -2.21. The van der Waals surface area contributed by atoms with Gasteiger partial charge in [-0.15, -0.1) is 22.7 Å². The van der Waals surface area contributed by atoms with E-state index < -0.39 is 5.54 Å². The molecule has 0 radical (unpaired) electrons. The number of nitrogens with zero attached hydrogens (tertiary/aromatic N) is 1. The van der Waals surface area contributed by atoms with Gasteiger partial charge in [0.2, 0.25) is 0 Å². The highest BCUT2D eigenvalue weighted by atomic mass is 32.1. The van der Waals surface area contributed by atoms with Gasteiger partial charge in [-0.3, -0.25) is 4.79 Å². The molecule has 3 nitrogen and oxygen atoms in total. The Kier molecular flexibility index (Phi) is 2.84. The van der Waals surface area contributed by atoms with Crippen molar-refractivity contribution in [3.05, 3.63) is 22.4 Å². The van der Waals surface area contributed by atoms with Gasteiger partial charge in [0.05, 0.1) is 10.9 Å². The van der Waals surface area contributed by atoms with E-state index in [-0.39, 0.29) is 5.91 Å². The predicted molar refractivity (Wildman–Crippen MR) is 74.0 cm³/mol. The Labute approximate surface area is 113 Å². The molecule has 3 rings (SSSR count). The molecule has 1 N–H and O–H groups in total. The Balaban J connectivity index is 1.83. The maximum atomic E-state index is 12.2. The van der Waals surface area contributed by atoms with Gasteiger partial charge >= 0.3 is 0 Å². The third-order valence-electron chi connectivity index (χ3n) is 3.39. The molecule has 0 aromatic carbocycles. The average molecular weight is 276 g/mol. The molecule has 5 heteroatoms. The van der Waals surface area contributed by atoms with E-state index in [1.165, 1.54) is 11.3 Å². The summed E-state index contributed by atoms with van der Waals surface area (Å²) in [4.78, 5) is 12.9. The number of nitrogens with one attached hydrogen (secondary N) is 1. The van der Waals surface area contributed by atoms with Crippen molar-refractivity contribution in [2.75, 3.05) is 0 Å². The molecule has 0 saturated heterocycles. The first kappa shape index (κ1) is 11.7. The monoisotopic (exact) mass is 276 g/mol. The third-order valence-corrected chi connectivity index (χ3v) is 5.48. The number of fused-ring (bicyclic) bond motifs is 1. The Hall–Kier alpha value is -1.38. The molecule has 0 bridgehead atoms. The van der Waals surface area contributed by atoms with E-state index in [1.807, 2.05) is 17.5 Å². The van der Waals surface area contributed by atoms with Crippen molar-refractivity contribution in [3.8, 4) is 6.07 Å². The zero-order valence-corrected chi connectivity index (χ0v) is 11.4. The highest BCUT2D eigenvalue weighted by Crippen LogP contribution is 2.32. The lowest BCUT2D eigenvalue weighted by Crippen LogP contribution is -2.44. The van der Waals surface area contributed by atoms with Crippen LogP contribution < -0.4 is 5.32 Å². The van der Waals surface area contributed by atoms with Crippen LogP contribution >= 0.6 is 22.7 Å². The van der Waals surface area contributed by atoms with Crippen molar-refractivity contribution < 1.29 is 4.79 Å². The van der Waals surface area contributed by atoms with Crippen LogP contribution in [0.25, 0.3) is 9.40 Å². The first-order valence-electron chi connectivity index (χ1n) is 5.93. The molecule has 1 amide bonds. The van der Waals surface area contributed by atoms with Crippen molar-refractivity contribution in [2.24, 2.45) is 0 Å². The van der Waals surface area contributed by atoms with Crippen LogP contribution in [-0.2, 0) is 0 Å². The second kappa shape index (κ2) is 4.38. The van der Waals surface area contributed by atoms with Gasteiger partial charge in [0.25, 0.3) is 5.91 Å². The second-order valence-corrected chi connectivity index (χ2v) is 6.65. The van der Waals surface area contributed by atoms with Crippen LogP contribution in [0, 0.1) is 11.3 Å². The van der Waals surface area contributed by atoms with Gasteiger partial charge in [0, 0.05) is 9.40 Å². The highest BCUT2D eigenvalue weighted by Gasteiger charge is 2.35. The standard InChI is InChI=1S/C13H12N2OS2/c14-8-13(4-1-2-5-13)15-12(16)11-7-10-9(18-11)3-6-17-10/h3,6-7H,1-2,4-5H2,(H,15,16). The predicted octanol–water partition coefficient (Wildman–Crippen LogP) is 3.53. The molecule has 18 heavy (non-hydrogen) atoms. The van der Waals surface area contributed by atoms with Crippen LogP contribution in [-0.4, -0.2) is 11.4 Å². The van der Waals surface area contributed by atoms with E-state index in [0.717, 1.165) is 35.1 Å². The van der Waals surface area contributed by atoms with Crippen LogP contribution in [0.2, 0.25) is 0 Å². The van der Waals surface area contributed by atoms with Crippen LogP contribution in [0.1, 0.15) is 35.4 Å². The molecule has 2 aromatic rings. The summed E-state index contributed by atoms with van der Waals surface area (Å²) in [6, 6.07) is 6.22. The molecule has 1 fully saturated rings. The summed E-state index contributed by atoms with van der Waals surface area (Å²) in [5.41, 5.74) is -0.630. The van der Waals surface area contributed by atoms with Gasteiger partial charge in [-0.05, 0) is 43.2 Å². The number of carbonyl (C=O) groups is 1. The Bertz CT molecular complexity index is 600. The summed E-state index contributed by atoms with van der Waals surface area (Å²) in [6.45, 7) is 0. The number of nitriles is 1. The van der Waals surface area contributed by atoms with E-state index in [2.05, 4.69) is 11.4 Å². The molecule has 0 atom stereocenters. The fourth-order valence-corrected chi connectivity index (χ4v) is 4.40. The molecule has 0 unspecified atom stereocenters. The van der Waals surface area contributed by atoms with E-state index >= 15 is 0 Å². The van der Waals surface area contributed by atoms with Crippen molar-refractivity contribution in [1.82, 2.24) is 5.32 Å². The molecule has 2 heterocycles. The normalized spacial score (nSPS) is 17.7. The van der Waals surface area contributed by atoms with Crippen LogP contribution in [0.5, 0.6) is 0 Å². The smallest absolute Gasteiger partial charge is 0.262 e. The summed E-state index contributed by atoms with van der Waals surface area (Å²) in [6.07, 6.45) is 3.59. The van der Waals surface area contributed by atoms with Gasteiger partial charge in [-0.25, -0.2) is 0 Å². The second-order valence-electron chi connectivity index (χ2n) is 4.61. The molecular weight excluding hydrogens is 264 g/mol.